The van der Waals surface area contributed by atoms with Crippen LogP contribution in [0.3, 0.4) is 0 Å². The second kappa shape index (κ2) is 34.5. The minimum absolute atomic E-state index is 0. The molecule has 0 saturated carbocycles. The van der Waals surface area contributed by atoms with Gasteiger partial charge in [0, 0.05) is 93.2 Å². The first kappa shape index (κ1) is 94.1. The number of hydrogen-bond acceptors (Lipinski definition) is 12. The Hall–Kier alpha value is -12.5. The van der Waals surface area contributed by atoms with E-state index in [4.69, 9.17) is 27.5 Å². The van der Waals surface area contributed by atoms with Crippen molar-refractivity contribution in [1.82, 2.24) is 30.6 Å². The van der Waals surface area contributed by atoms with Crippen LogP contribution in [0.25, 0.3) is 132 Å². The number of rotatable bonds is 9. The molecule has 669 valence electrons. The molecule has 0 aliphatic carbocycles. The zero-order chi connectivity index (χ0) is 90.1. The SMILES string of the molecule is FC(F)(F)c1cc(Oc2nnc(-c3[c-]c4ccccc4o3)c3cc4ccccc4cc23)c(C(F)(F)F)c(C(F)(F)F)c1.FC(F)(F)c1cc(Oc2nnc(-c3[c-]c4ccccc4o3)c3cc4ccccc4cc23)cc(C(F)(F)F)c1C(F)(F)F.FC(F)(F)c1ccc(Oc2nnc(-c3[c-]c4ccccc4o3)c3cc4ccccc4cc23)c(C(F)(F)F)c1C(F)(F)F.[Ir].[Ir].[Ir]. The van der Waals surface area contributed by atoms with Crippen LogP contribution in [0.15, 0.2) is 232 Å². The van der Waals surface area contributed by atoms with Crippen molar-refractivity contribution in [2.24, 2.45) is 0 Å². The molecule has 12 aromatic carbocycles. The summed E-state index contributed by atoms with van der Waals surface area (Å²) in [7, 11) is 0. The summed E-state index contributed by atoms with van der Waals surface area (Å²) in [5.41, 5.74) is -21.4. The van der Waals surface area contributed by atoms with E-state index in [1.54, 1.807) is 164 Å². The van der Waals surface area contributed by atoms with Gasteiger partial charge in [-0.05, 0) is 103 Å². The number of hydrogen-bond donors (Lipinski definition) is 0. The molecule has 0 atom stereocenters. The summed E-state index contributed by atoms with van der Waals surface area (Å²) >= 11 is 0. The van der Waals surface area contributed by atoms with Crippen LogP contribution in [0, 0.1) is 18.2 Å². The van der Waals surface area contributed by atoms with E-state index in [2.05, 4.69) is 48.8 Å². The van der Waals surface area contributed by atoms with Crippen molar-refractivity contribution < 1.29 is 206 Å². The standard InChI is InChI=1S/3C29H12F9N2O2.3Ir/c30-27(31,32)20-12-17(13-21(28(33,34)35)24(20)29(36,37)38)41-26-19-10-15-6-2-1-5-14(15)9-18(19)25(39-40-26)23-11-16-7-3-4-8-22(16)42-23;30-27(31,32)17-12-20(28(33,34)35)24(29(36,37)38)22(13-17)42-26-19-10-15-6-2-1-5-14(15)9-18(19)25(39-40-26)23-11-16-7-3-4-8-21(16)41-23;30-27(31,32)19-9-10-21(24(29(36,37)38)23(19)28(33,34)35)42-26-18-12-15-6-2-1-5-14(15)11-17(18)25(39-40-26)22-13-16-7-3-4-8-20(16)41-22;;;/h2*1-10,12-13H;1-12H;;;/q3*-1;;;. The molecule has 18 rings (SSSR count). The van der Waals surface area contributed by atoms with Crippen LogP contribution in [0.2, 0.25) is 0 Å². The molecule has 0 N–H and O–H groups in total. The topological polar surface area (TPSA) is 144 Å². The van der Waals surface area contributed by atoms with Gasteiger partial charge in [-0.15, -0.1) is 67.9 Å². The Morgan fingerprint density at radius 2 is 0.519 bits per heavy atom. The monoisotopic (exact) mass is 2350 g/mol. The summed E-state index contributed by atoms with van der Waals surface area (Å²) in [6, 6.07) is 58.1. The fourth-order valence-corrected chi connectivity index (χ4v) is 13.9. The molecular formula is C87H36F27Ir3N6O6-3. The van der Waals surface area contributed by atoms with Gasteiger partial charge in [0.25, 0.3) is 0 Å². The van der Waals surface area contributed by atoms with E-state index in [9.17, 15) is 119 Å². The van der Waals surface area contributed by atoms with Gasteiger partial charge in [-0.25, -0.2) is 0 Å². The Balaban J connectivity index is 0.000000163. The molecule has 0 saturated heterocycles. The summed E-state index contributed by atoms with van der Waals surface area (Å²) in [5.74, 6) is -6.08. The number of alkyl halides is 27. The number of ether oxygens (including phenoxy) is 3. The fourth-order valence-electron chi connectivity index (χ4n) is 13.9. The van der Waals surface area contributed by atoms with E-state index in [0.717, 1.165) is 0 Å². The van der Waals surface area contributed by atoms with Crippen LogP contribution in [0.4, 0.5) is 119 Å². The van der Waals surface area contributed by atoms with Gasteiger partial charge in [-0.3, -0.25) is 0 Å². The number of para-hydroxylation sites is 3. The van der Waals surface area contributed by atoms with Crippen molar-refractivity contribution in [3.8, 4) is 69.3 Å². The van der Waals surface area contributed by atoms with Gasteiger partial charge in [0.15, 0.2) is 0 Å². The third kappa shape index (κ3) is 19.1. The molecule has 0 unspecified atom stereocenters. The van der Waals surface area contributed by atoms with Gasteiger partial charge < -0.3 is 27.5 Å². The van der Waals surface area contributed by atoms with Crippen LogP contribution >= 0.6 is 0 Å². The Morgan fingerprint density at radius 3 is 0.822 bits per heavy atom. The van der Waals surface area contributed by atoms with Crippen LogP contribution in [0.5, 0.6) is 34.9 Å². The van der Waals surface area contributed by atoms with Crippen molar-refractivity contribution in [2.45, 2.75) is 55.6 Å². The van der Waals surface area contributed by atoms with Crippen LogP contribution in [-0.4, -0.2) is 30.6 Å². The van der Waals surface area contributed by atoms with Gasteiger partial charge >= 0.3 is 55.6 Å². The Bertz CT molecular complexity index is 7210. The zero-order valence-electron chi connectivity index (χ0n) is 62.6. The quantitative estimate of drug-likeness (QED) is 0.0770. The summed E-state index contributed by atoms with van der Waals surface area (Å²) < 4.78 is 403. The predicted octanol–water partition coefficient (Wildman–Crippen LogP) is 29.5. The smallest absolute Gasteiger partial charge is 0.420 e. The summed E-state index contributed by atoms with van der Waals surface area (Å²) in [5, 5.41) is 29.7. The van der Waals surface area contributed by atoms with Gasteiger partial charge in [0.05, 0.1) is 73.3 Å². The van der Waals surface area contributed by atoms with Gasteiger partial charge in [0.2, 0.25) is 17.6 Å². The number of aromatic nitrogens is 6. The summed E-state index contributed by atoms with van der Waals surface area (Å²) in [4.78, 5) is 0. The maximum Gasteiger partial charge on any atom is 0.420 e. The van der Waals surface area contributed by atoms with Gasteiger partial charge in [0.1, 0.15) is 28.4 Å². The van der Waals surface area contributed by atoms with E-state index < -0.39 is 147 Å². The molecule has 129 heavy (non-hydrogen) atoms. The Kier molecular flexibility index (Phi) is 25.2. The first-order valence-electron chi connectivity index (χ1n) is 35.6. The maximum absolute atomic E-state index is 14.0. The van der Waals surface area contributed by atoms with E-state index in [0.29, 0.717) is 65.2 Å². The van der Waals surface area contributed by atoms with Crippen LogP contribution in [-0.2, 0) is 116 Å². The molecule has 42 heteroatoms. The average molecular weight is 2350 g/mol. The molecule has 0 bridgehead atoms. The molecule has 0 fully saturated rings. The van der Waals surface area contributed by atoms with Crippen molar-refractivity contribution in [2.75, 3.05) is 0 Å². The molecule has 6 aromatic heterocycles. The molecule has 0 spiro atoms. The molecule has 0 aliphatic heterocycles. The van der Waals surface area contributed by atoms with Crippen molar-refractivity contribution >= 4 is 97.5 Å². The fraction of sp³-hybridized carbons (Fsp3) is 0.103. The number of halogens is 27. The van der Waals surface area contributed by atoms with Gasteiger partial charge in [-0.2, -0.15) is 134 Å². The number of furan rings is 3. The Labute approximate surface area is 741 Å². The Morgan fingerprint density at radius 1 is 0.233 bits per heavy atom. The molecule has 0 aliphatic rings. The molecule has 6 heterocycles. The predicted molar refractivity (Wildman–Crippen MR) is 398 cm³/mol. The first-order valence-corrected chi connectivity index (χ1v) is 35.6. The van der Waals surface area contributed by atoms with Gasteiger partial charge in [-0.1, -0.05) is 146 Å². The van der Waals surface area contributed by atoms with Crippen molar-refractivity contribution in [1.29, 1.82) is 0 Å². The molecular weight excluding hydrogens is 2310 g/mol. The third-order valence-electron chi connectivity index (χ3n) is 19.2. The first-order chi connectivity index (χ1) is 59.1. The molecule has 3 radical (unpaired) electrons. The minimum Gasteiger partial charge on any atom is -0.518 e. The third-order valence-corrected chi connectivity index (χ3v) is 19.2. The number of nitrogens with zero attached hydrogens (tertiary/aromatic N) is 6. The zero-order valence-corrected chi connectivity index (χ0v) is 69.8. The minimum atomic E-state index is -6.03. The van der Waals surface area contributed by atoms with Crippen LogP contribution in [0.1, 0.15) is 50.1 Å². The normalized spacial score (nSPS) is 12.6. The second-order valence-corrected chi connectivity index (χ2v) is 27.4. The number of benzene rings is 12. The van der Waals surface area contributed by atoms with E-state index in [-0.39, 0.29) is 157 Å². The summed E-state index contributed by atoms with van der Waals surface area (Å²) in [6.45, 7) is 0. The molecule has 12 nitrogen and oxygen atoms in total. The second-order valence-electron chi connectivity index (χ2n) is 27.4. The van der Waals surface area contributed by atoms with E-state index >= 15 is 0 Å². The van der Waals surface area contributed by atoms with E-state index in [1.807, 2.05) is 0 Å². The summed E-state index contributed by atoms with van der Waals surface area (Å²) in [6.07, 6.45) is -52.2. The average Bonchev–Trinajstić information content (AvgIpc) is 1.58. The molecule has 0 amide bonds. The van der Waals surface area contributed by atoms with Crippen molar-refractivity contribution in [3.63, 3.8) is 0 Å². The van der Waals surface area contributed by atoms with Crippen LogP contribution < -0.4 is 14.2 Å². The largest absolute Gasteiger partial charge is 0.518 e. The van der Waals surface area contributed by atoms with E-state index in [1.165, 1.54) is 18.2 Å². The maximum atomic E-state index is 14.0. The molecule has 18 aromatic rings. The number of fused-ring (bicyclic) bond motifs is 9. The van der Waals surface area contributed by atoms with Crippen molar-refractivity contribution in [3.05, 3.63) is 287 Å².